The van der Waals surface area contributed by atoms with Crippen molar-refractivity contribution >= 4 is 5.91 Å². The third kappa shape index (κ3) is 2.67. The Bertz CT molecular complexity index is 451. The van der Waals surface area contributed by atoms with Gasteiger partial charge in [0.15, 0.2) is 11.6 Å². The molecule has 0 aliphatic heterocycles. The van der Waals surface area contributed by atoms with Gasteiger partial charge in [0.05, 0.1) is 0 Å². The molecule has 1 amide bonds. The smallest absolute Gasteiger partial charge is 0.251 e. The van der Waals surface area contributed by atoms with Gasteiger partial charge in [-0.2, -0.15) is 0 Å². The summed E-state index contributed by atoms with van der Waals surface area (Å²) in [6.45, 7) is 0.0305. The van der Waals surface area contributed by atoms with Crippen molar-refractivity contribution < 1.29 is 18.7 Å². The van der Waals surface area contributed by atoms with Gasteiger partial charge in [0.2, 0.25) is 0 Å². The van der Waals surface area contributed by atoms with E-state index in [0.29, 0.717) is 0 Å². The highest BCUT2D eigenvalue weighted by atomic mass is 19.2. The van der Waals surface area contributed by atoms with Crippen molar-refractivity contribution in [1.82, 2.24) is 5.32 Å². The molecule has 2 unspecified atom stereocenters. The Labute approximate surface area is 104 Å². The molecule has 0 bridgehead atoms. The van der Waals surface area contributed by atoms with E-state index in [9.17, 15) is 13.6 Å². The first-order valence-corrected chi connectivity index (χ1v) is 5.98. The molecule has 0 heterocycles. The highest BCUT2D eigenvalue weighted by Gasteiger charge is 2.28. The minimum atomic E-state index is -1.03. The summed E-state index contributed by atoms with van der Waals surface area (Å²) in [6.07, 6.45) is 2.63. The van der Waals surface area contributed by atoms with Crippen LogP contribution in [-0.2, 0) is 0 Å². The van der Waals surface area contributed by atoms with Gasteiger partial charge in [-0.05, 0) is 31.0 Å². The van der Waals surface area contributed by atoms with Crippen molar-refractivity contribution in [1.29, 1.82) is 0 Å². The van der Waals surface area contributed by atoms with Crippen LogP contribution in [0.15, 0.2) is 18.2 Å². The molecule has 1 aliphatic carbocycles. The summed E-state index contributed by atoms with van der Waals surface area (Å²) >= 11 is 0. The normalized spacial score (nSPS) is 23.1. The molecule has 0 aromatic heterocycles. The molecule has 18 heavy (non-hydrogen) atoms. The number of halogens is 2. The van der Waals surface area contributed by atoms with E-state index in [-0.39, 0.29) is 24.1 Å². The van der Waals surface area contributed by atoms with Gasteiger partial charge in [-0.15, -0.1) is 0 Å². The zero-order valence-corrected chi connectivity index (χ0v) is 9.83. The van der Waals surface area contributed by atoms with Crippen molar-refractivity contribution in [2.45, 2.75) is 25.3 Å². The highest BCUT2D eigenvalue weighted by Crippen LogP contribution is 2.25. The number of aliphatic hydroxyl groups is 1. The third-order valence-corrected chi connectivity index (χ3v) is 3.39. The maximum Gasteiger partial charge on any atom is 0.251 e. The van der Waals surface area contributed by atoms with Gasteiger partial charge in [-0.25, -0.2) is 8.78 Å². The molecule has 1 aromatic rings. The van der Waals surface area contributed by atoms with E-state index in [2.05, 4.69) is 5.32 Å². The van der Waals surface area contributed by atoms with Crippen molar-refractivity contribution in [2.75, 3.05) is 6.61 Å². The fraction of sp³-hybridized carbons (Fsp3) is 0.462. The molecule has 2 atom stereocenters. The van der Waals surface area contributed by atoms with Crippen molar-refractivity contribution in [3.05, 3.63) is 35.4 Å². The first-order chi connectivity index (χ1) is 8.61. The van der Waals surface area contributed by atoms with Gasteiger partial charge in [0, 0.05) is 24.1 Å². The van der Waals surface area contributed by atoms with Crippen molar-refractivity contribution in [3.63, 3.8) is 0 Å². The van der Waals surface area contributed by atoms with Crippen LogP contribution in [0.2, 0.25) is 0 Å². The number of rotatable bonds is 3. The molecule has 1 aromatic carbocycles. The van der Waals surface area contributed by atoms with Crippen LogP contribution in [0.1, 0.15) is 29.6 Å². The molecule has 3 nitrogen and oxygen atoms in total. The predicted molar refractivity (Wildman–Crippen MR) is 62.0 cm³/mol. The number of hydrogen-bond donors (Lipinski definition) is 2. The Morgan fingerprint density at radius 3 is 2.78 bits per heavy atom. The quantitative estimate of drug-likeness (QED) is 0.866. The van der Waals surface area contributed by atoms with E-state index >= 15 is 0 Å². The maximum absolute atomic E-state index is 13.0. The van der Waals surface area contributed by atoms with Crippen LogP contribution in [-0.4, -0.2) is 23.7 Å². The summed E-state index contributed by atoms with van der Waals surface area (Å²) in [4.78, 5) is 11.8. The lowest BCUT2D eigenvalue weighted by molar-refractivity contribution is 0.0915. The van der Waals surface area contributed by atoms with E-state index in [1.54, 1.807) is 0 Å². The monoisotopic (exact) mass is 255 g/mol. The van der Waals surface area contributed by atoms with Gasteiger partial charge in [-0.3, -0.25) is 4.79 Å². The number of aliphatic hydroxyl groups excluding tert-OH is 1. The molecular weight excluding hydrogens is 240 g/mol. The summed E-state index contributed by atoms with van der Waals surface area (Å²) in [5, 5.41) is 11.9. The van der Waals surface area contributed by atoms with Gasteiger partial charge < -0.3 is 10.4 Å². The topological polar surface area (TPSA) is 49.3 Å². The summed E-state index contributed by atoms with van der Waals surface area (Å²) in [5.41, 5.74) is 0.0949. The lowest BCUT2D eigenvalue weighted by atomic mass is 10.0. The second-order valence-electron chi connectivity index (χ2n) is 4.58. The Hall–Kier alpha value is -1.49. The first-order valence-electron chi connectivity index (χ1n) is 5.98. The molecule has 1 fully saturated rings. The molecular formula is C13H15F2NO2. The Kier molecular flexibility index (Phi) is 3.91. The molecule has 2 rings (SSSR count). The van der Waals surface area contributed by atoms with E-state index in [1.165, 1.54) is 6.07 Å². The standard InChI is InChI=1S/C13H15F2NO2/c14-10-5-4-8(6-11(10)15)13(18)16-12-3-1-2-9(12)7-17/h4-6,9,12,17H,1-3,7H2,(H,16,18). The van der Waals surface area contributed by atoms with Gasteiger partial charge in [-0.1, -0.05) is 6.42 Å². The minimum absolute atomic E-state index is 0.0305. The molecule has 98 valence electrons. The molecule has 5 heteroatoms. The molecule has 0 radical (unpaired) electrons. The van der Waals surface area contributed by atoms with Crippen LogP contribution in [0.25, 0.3) is 0 Å². The fourth-order valence-corrected chi connectivity index (χ4v) is 2.33. The summed E-state index contributed by atoms with van der Waals surface area (Å²) in [6, 6.07) is 2.97. The van der Waals surface area contributed by atoms with Crippen molar-refractivity contribution in [3.8, 4) is 0 Å². The average molecular weight is 255 g/mol. The highest BCUT2D eigenvalue weighted by molar-refractivity contribution is 5.94. The lowest BCUT2D eigenvalue weighted by Crippen LogP contribution is -2.38. The first kappa shape index (κ1) is 13.0. The number of benzene rings is 1. The predicted octanol–water partition coefficient (Wildman–Crippen LogP) is 1.86. The van der Waals surface area contributed by atoms with Crippen LogP contribution in [0, 0.1) is 17.6 Å². The number of carbonyl (C=O) groups is 1. The van der Waals surface area contributed by atoms with Gasteiger partial charge in [0.1, 0.15) is 0 Å². The van der Waals surface area contributed by atoms with E-state index in [0.717, 1.165) is 31.4 Å². The Morgan fingerprint density at radius 1 is 1.33 bits per heavy atom. The SMILES string of the molecule is O=C(NC1CCCC1CO)c1ccc(F)c(F)c1. The summed E-state index contributed by atoms with van der Waals surface area (Å²) in [7, 11) is 0. The zero-order valence-electron chi connectivity index (χ0n) is 9.83. The molecule has 2 N–H and O–H groups in total. The summed E-state index contributed by atoms with van der Waals surface area (Å²) < 4.78 is 25.7. The molecule has 0 spiro atoms. The summed E-state index contributed by atoms with van der Waals surface area (Å²) in [5.74, 6) is -2.38. The van der Waals surface area contributed by atoms with Crippen LogP contribution in [0.3, 0.4) is 0 Å². The lowest BCUT2D eigenvalue weighted by Gasteiger charge is -2.19. The number of carbonyl (C=O) groups excluding carboxylic acids is 1. The van der Waals surface area contributed by atoms with Crippen LogP contribution < -0.4 is 5.32 Å². The number of nitrogens with one attached hydrogen (secondary N) is 1. The van der Waals surface area contributed by atoms with Crippen LogP contribution in [0.4, 0.5) is 8.78 Å². The van der Waals surface area contributed by atoms with E-state index in [1.807, 2.05) is 0 Å². The Balaban J connectivity index is 2.05. The number of hydrogen-bond acceptors (Lipinski definition) is 2. The van der Waals surface area contributed by atoms with Gasteiger partial charge in [0.25, 0.3) is 5.91 Å². The second-order valence-corrected chi connectivity index (χ2v) is 4.58. The molecule has 1 saturated carbocycles. The molecule has 0 saturated heterocycles. The van der Waals surface area contributed by atoms with E-state index < -0.39 is 17.5 Å². The molecule has 1 aliphatic rings. The van der Waals surface area contributed by atoms with Crippen molar-refractivity contribution in [2.24, 2.45) is 5.92 Å². The van der Waals surface area contributed by atoms with Gasteiger partial charge >= 0.3 is 0 Å². The number of amides is 1. The van der Waals surface area contributed by atoms with E-state index in [4.69, 9.17) is 5.11 Å². The maximum atomic E-state index is 13.0. The largest absolute Gasteiger partial charge is 0.396 e. The fourth-order valence-electron chi connectivity index (χ4n) is 2.33. The zero-order chi connectivity index (χ0) is 13.1. The minimum Gasteiger partial charge on any atom is -0.396 e. The Morgan fingerprint density at radius 2 is 2.11 bits per heavy atom. The second kappa shape index (κ2) is 5.44. The van der Waals surface area contributed by atoms with Crippen LogP contribution >= 0.6 is 0 Å². The third-order valence-electron chi connectivity index (χ3n) is 3.39. The average Bonchev–Trinajstić information content (AvgIpc) is 2.79. The van der Waals surface area contributed by atoms with Crippen LogP contribution in [0.5, 0.6) is 0 Å².